The van der Waals surface area contributed by atoms with Gasteiger partial charge in [-0.25, -0.2) is 9.97 Å². The highest BCUT2D eigenvalue weighted by Gasteiger charge is 2.35. The van der Waals surface area contributed by atoms with E-state index >= 15 is 0 Å². The Morgan fingerprint density at radius 1 is 1.52 bits per heavy atom. The molecule has 0 bridgehead atoms. The highest BCUT2D eigenvalue weighted by molar-refractivity contribution is 5.76. The lowest BCUT2D eigenvalue weighted by Crippen LogP contribution is -2.42. The number of carbonyl (C=O) groups excluding carboxylic acids is 1. The second-order valence-electron chi connectivity index (χ2n) is 5.80. The minimum atomic E-state index is -0.278. The van der Waals surface area contributed by atoms with E-state index in [1.54, 1.807) is 42.7 Å². The number of hydrogen-bond donors (Lipinski definition) is 2. The van der Waals surface area contributed by atoms with Crippen LogP contribution in [-0.2, 0) is 11.3 Å². The van der Waals surface area contributed by atoms with Crippen molar-refractivity contribution in [1.82, 2.24) is 19.9 Å². The van der Waals surface area contributed by atoms with E-state index in [1.165, 1.54) is 0 Å². The Morgan fingerprint density at radius 3 is 2.91 bits per heavy atom. The van der Waals surface area contributed by atoms with Crippen molar-refractivity contribution in [2.24, 2.45) is 5.92 Å². The first-order valence-electron chi connectivity index (χ1n) is 7.59. The van der Waals surface area contributed by atoms with Crippen molar-refractivity contribution in [3.8, 4) is 5.88 Å². The van der Waals surface area contributed by atoms with Crippen LogP contribution < -0.4 is 10.1 Å². The average molecular weight is 316 g/mol. The van der Waals surface area contributed by atoms with Gasteiger partial charge in [0.2, 0.25) is 11.8 Å². The number of pyridine rings is 1. The number of aliphatic hydroxyl groups is 1. The summed E-state index contributed by atoms with van der Waals surface area (Å²) in [6.45, 7) is 0.218. The van der Waals surface area contributed by atoms with Gasteiger partial charge < -0.3 is 19.7 Å². The molecule has 1 aliphatic carbocycles. The normalized spacial score (nSPS) is 21.3. The quantitative estimate of drug-likeness (QED) is 0.827. The molecule has 2 aromatic rings. The molecule has 2 N–H and O–H groups in total. The maximum atomic E-state index is 12.3. The summed E-state index contributed by atoms with van der Waals surface area (Å²) in [4.78, 5) is 20.4. The van der Waals surface area contributed by atoms with E-state index in [2.05, 4.69) is 15.3 Å². The molecule has 0 aliphatic heterocycles. The third kappa shape index (κ3) is 3.68. The molecule has 1 atom stereocenters. The molecule has 0 unspecified atom stereocenters. The predicted molar refractivity (Wildman–Crippen MR) is 82.6 cm³/mol. The smallest absolute Gasteiger partial charge is 0.240 e. The molecule has 0 saturated heterocycles. The first-order chi connectivity index (χ1) is 11.2. The van der Waals surface area contributed by atoms with Gasteiger partial charge in [-0.15, -0.1) is 0 Å². The summed E-state index contributed by atoms with van der Waals surface area (Å²) in [5, 5.41) is 12.6. The van der Waals surface area contributed by atoms with E-state index < -0.39 is 0 Å². The molecule has 122 valence electrons. The topological polar surface area (TPSA) is 89.3 Å². The van der Waals surface area contributed by atoms with E-state index in [4.69, 9.17) is 4.74 Å². The fourth-order valence-corrected chi connectivity index (χ4v) is 2.84. The molecule has 1 saturated carbocycles. The van der Waals surface area contributed by atoms with Crippen LogP contribution in [0.1, 0.15) is 24.4 Å². The molecule has 7 heteroatoms. The zero-order valence-electron chi connectivity index (χ0n) is 12.9. The Balaban J connectivity index is 1.71. The van der Waals surface area contributed by atoms with Crippen molar-refractivity contribution in [3.05, 3.63) is 42.6 Å². The van der Waals surface area contributed by atoms with Crippen LogP contribution in [0.3, 0.4) is 0 Å². The van der Waals surface area contributed by atoms with Crippen molar-refractivity contribution in [2.45, 2.75) is 31.5 Å². The Morgan fingerprint density at radius 2 is 2.35 bits per heavy atom. The molecule has 1 amide bonds. The third-order valence-corrected chi connectivity index (χ3v) is 4.15. The van der Waals surface area contributed by atoms with Gasteiger partial charge in [-0.1, -0.05) is 6.07 Å². The number of nitrogens with zero attached hydrogens (tertiary/aromatic N) is 3. The molecule has 3 rings (SSSR count). The largest absolute Gasteiger partial charge is 0.481 e. The maximum absolute atomic E-state index is 12.3. The Kier molecular flexibility index (Phi) is 4.57. The fourth-order valence-electron chi connectivity index (χ4n) is 2.84. The highest BCUT2D eigenvalue weighted by Crippen LogP contribution is 2.38. The molecule has 0 aromatic carbocycles. The lowest BCUT2D eigenvalue weighted by molar-refractivity contribution is -0.123. The van der Waals surface area contributed by atoms with Crippen molar-refractivity contribution in [2.75, 3.05) is 7.11 Å². The van der Waals surface area contributed by atoms with Gasteiger partial charge in [0.1, 0.15) is 6.54 Å². The number of methoxy groups -OCH3 is 1. The first kappa shape index (κ1) is 15.5. The van der Waals surface area contributed by atoms with Gasteiger partial charge in [0.05, 0.1) is 25.6 Å². The van der Waals surface area contributed by atoms with E-state index in [-0.39, 0.29) is 30.5 Å². The molecule has 1 aliphatic rings. The van der Waals surface area contributed by atoms with Crippen LogP contribution in [-0.4, -0.2) is 38.8 Å². The Hall–Kier alpha value is -2.41. The average Bonchev–Trinajstić information content (AvgIpc) is 3.03. The van der Waals surface area contributed by atoms with Gasteiger partial charge >= 0.3 is 0 Å². The number of rotatable bonds is 6. The maximum Gasteiger partial charge on any atom is 0.240 e. The van der Waals surface area contributed by atoms with Crippen LogP contribution in [0.2, 0.25) is 0 Å². The predicted octanol–water partition coefficient (Wildman–Crippen LogP) is 0.915. The molecule has 1 fully saturated rings. The summed E-state index contributed by atoms with van der Waals surface area (Å²) in [7, 11) is 1.56. The molecule has 2 heterocycles. The van der Waals surface area contributed by atoms with E-state index in [0.29, 0.717) is 18.7 Å². The van der Waals surface area contributed by atoms with Gasteiger partial charge in [-0.3, -0.25) is 4.79 Å². The molecule has 2 aromatic heterocycles. The molecule has 23 heavy (non-hydrogen) atoms. The number of carbonyl (C=O) groups is 1. The van der Waals surface area contributed by atoms with Gasteiger partial charge in [-0.05, 0) is 24.3 Å². The van der Waals surface area contributed by atoms with Gasteiger partial charge in [0.25, 0.3) is 0 Å². The summed E-state index contributed by atoms with van der Waals surface area (Å²) < 4.78 is 6.79. The number of imidazole rings is 1. The number of aromatic nitrogens is 3. The summed E-state index contributed by atoms with van der Waals surface area (Å²) in [5.41, 5.74) is 0.918. The molecule has 7 nitrogen and oxygen atoms in total. The highest BCUT2D eigenvalue weighted by atomic mass is 16.5. The Bertz CT molecular complexity index is 636. The summed E-state index contributed by atoms with van der Waals surface area (Å²) >= 11 is 0. The van der Waals surface area contributed by atoms with Crippen molar-refractivity contribution in [1.29, 1.82) is 0 Å². The van der Waals surface area contributed by atoms with Gasteiger partial charge in [0.15, 0.2) is 0 Å². The van der Waals surface area contributed by atoms with Crippen molar-refractivity contribution >= 4 is 5.91 Å². The van der Waals surface area contributed by atoms with Gasteiger partial charge in [0, 0.05) is 24.7 Å². The van der Waals surface area contributed by atoms with E-state index in [1.807, 2.05) is 6.07 Å². The minimum Gasteiger partial charge on any atom is -0.481 e. The lowest BCUT2D eigenvalue weighted by atomic mass is 9.75. The Labute approximate surface area is 134 Å². The van der Waals surface area contributed by atoms with E-state index in [9.17, 15) is 9.90 Å². The number of hydrogen-bond acceptors (Lipinski definition) is 5. The molecular formula is C16H20N4O3. The summed E-state index contributed by atoms with van der Waals surface area (Å²) in [5.74, 6) is 0.656. The monoisotopic (exact) mass is 316 g/mol. The number of amides is 1. The van der Waals surface area contributed by atoms with Crippen LogP contribution in [0.5, 0.6) is 5.88 Å². The lowest BCUT2D eigenvalue weighted by Gasteiger charge is -2.38. The van der Waals surface area contributed by atoms with E-state index in [0.717, 1.165) is 5.56 Å². The second-order valence-corrected chi connectivity index (χ2v) is 5.80. The first-order valence-corrected chi connectivity index (χ1v) is 7.59. The number of ether oxygens (including phenoxy) is 1. The summed E-state index contributed by atoms with van der Waals surface area (Å²) in [6, 6.07) is 3.52. The van der Waals surface area contributed by atoms with Crippen LogP contribution in [0.4, 0.5) is 0 Å². The van der Waals surface area contributed by atoms with Crippen LogP contribution in [0.15, 0.2) is 37.1 Å². The molecule has 0 spiro atoms. The number of nitrogens with one attached hydrogen (secondary N) is 1. The third-order valence-electron chi connectivity index (χ3n) is 4.15. The standard InChI is InChI=1S/C16H20N4O3/c1-23-15-3-2-11(8-18-15)16(12-6-13(21)7-12)19-14(22)9-20-5-4-17-10-20/h2-5,8,10,12-13,16,21H,6-7,9H2,1H3,(H,19,22)/t12?,13?,16-/m1/s1. The van der Waals surface area contributed by atoms with Crippen LogP contribution >= 0.6 is 0 Å². The molecule has 0 radical (unpaired) electrons. The fraction of sp³-hybridized carbons (Fsp3) is 0.438. The molecular weight excluding hydrogens is 296 g/mol. The SMILES string of the molecule is COc1ccc([C@@H](NC(=O)Cn2ccnc2)C2CC(O)C2)cn1. The van der Waals surface area contributed by atoms with Crippen LogP contribution in [0, 0.1) is 5.92 Å². The van der Waals surface area contributed by atoms with Crippen molar-refractivity contribution in [3.63, 3.8) is 0 Å². The summed E-state index contributed by atoms with van der Waals surface area (Å²) in [6.07, 6.45) is 7.79. The zero-order valence-corrected chi connectivity index (χ0v) is 12.9. The zero-order chi connectivity index (χ0) is 16.2. The number of aliphatic hydroxyl groups excluding tert-OH is 1. The van der Waals surface area contributed by atoms with Crippen molar-refractivity contribution < 1.29 is 14.6 Å². The minimum absolute atomic E-state index is 0.0924. The second kappa shape index (κ2) is 6.78. The van der Waals surface area contributed by atoms with Crippen LogP contribution in [0.25, 0.3) is 0 Å². The van der Waals surface area contributed by atoms with Gasteiger partial charge in [-0.2, -0.15) is 0 Å².